The number of fused-ring (bicyclic) bond motifs is 1. The molecular weight excluding hydrogens is 292 g/mol. The van der Waals surface area contributed by atoms with Crippen molar-refractivity contribution in [3.63, 3.8) is 0 Å². The summed E-state index contributed by atoms with van der Waals surface area (Å²) in [6.45, 7) is 2.74. The minimum Gasteiger partial charge on any atom is -0.461 e. The van der Waals surface area contributed by atoms with Gasteiger partial charge in [0.15, 0.2) is 0 Å². The van der Waals surface area contributed by atoms with Crippen LogP contribution in [-0.2, 0) is 20.9 Å². The fourth-order valence-corrected chi connectivity index (χ4v) is 2.93. The lowest BCUT2D eigenvalue weighted by atomic mass is 9.97. The smallest absolute Gasteiger partial charge is 0.309 e. The van der Waals surface area contributed by atoms with Gasteiger partial charge in [0, 0.05) is 36.7 Å². The molecule has 1 aromatic heterocycles. The van der Waals surface area contributed by atoms with Crippen molar-refractivity contribution in [2.45, 2.75) is 26.4 Å². The van der Waals surface area contributed by atoms with Crippen molar-refractivity contribution in [2.75, 3.05) is 13.6 Å². The summed E-state index contributed by atoms with van der Waals surface area (Å²) in [6.07, 6.45) is 0.905. The molecule has 23 heavy (non-hydrogen) atoms. The van der Waals surface area contributed by atoms with Crippen molar-refractivity contribution < 1.29 is 14.3 Å². The summed E-state index contributed by atoms with van der Waals surface area (Å²) < 4.78 is 5.48. The molecule has 0 saturated carbocycles. The number of rotatable bonds is 3. The summed E-state index contributed by atoms with van der Waals surface area (Å²) in [4.78, 5) is 30.1. The van der Waals surface area contributed by atoms with Crippen molar-refractivity contribution in [3.05, 3.63) is 41.6 Å². The van der Waals surface area contributed by atoms with Crippen LogP contribution >= 0.6 is 0 Å². The summed E-state index contributed by atoms with van der Waals surface area (Å²) in [5, 5.41) is 0.991. The molecule has 5 nitrogen and oxygen atoms in total. The lowest BCUT2D eigenvalue weighted by molar-refractivity contribution is -0.155. The number of para-hydroxylation sites is 1. The van der Waals surface area contributed by atoms with Gasteiger partial charge < -0.3 is 9.64 Å². The van der Waals surface area contributed by atoms with Crippen LogP contribution in [0.2, 0.25) is 0 Å². The average Bonchev–Trinajstić information content (AvgIpc) is 2.54. The number of aryl methyl sites for hydroxylation is 1. The van der Waals surface area contributed by atoms with Crippen LogP contribution in [0.4, 0.5) is 0 Å². The number of ether oxygens (including phenoxy) is 1. The lowest BCUT2D eigenvalue weighted by Crippen LogP contribution is -2.38. The molecule has 0 N–H and O–H groups in total. The number of hydrogen-bond acceptors (Lipinski definition) is 4. The van der Waals surface area contributed by atoms with Gasteiger partial charge in [-0.05, 0) is 25.5 Å². The fourth-order valence-electron chi connectivity index (χ4n) is 2.93. The standard InChI is InChI=1S/C18H20N2O3/c1-12-9-14(15-5-3-4-6-16(15)19-12)11-23-18(22)13-7-8-20(2)17(21)10-13/h3-6,9,13H,7-8,10-11H2,1-2H3/t13-/m0/s1. The first kappa shape index (κ1) is 15.5. The van der Waals surface area contributed by atoms with E-state index in [1.807, 2.05) is 37.3 Å². The molecule has 5 heteroatoms. The molecule has 0 spiro atoms. The second-order valence-electron chi connectivity index (χ2n) is 6.05. The molecule has 2 aromatic rings. The molecule has 3 rings (SSSR count). The number of esters is 1. The van der Waals surface area contributed by atoms with E-state index >= 15 is 0 Å². The van der Waals surface area contributed by atoms with Gasteiger partial charge in [0.2, 0.25) is 5.91 Å². The minimum absolute atomic E-state index is 0.00315. The summed E-state index contributed by atoms with van der Waals surface area (Å²) in [6, 6.07) is 9.75. The predicted octanol–water partition coefficient (Wildman–Crippen LogP) is 2.45. The van der Waals surface area contributed by atoms with E-state index in [4.69, 9.17) is 4.74 Å². The molecule has 1 aromatic carbocycles. The van der Waals surface area contributed by atoms with Gasteiger partial charge in [0.05, 0.1) is 11.4 Å². The first-order valence-corrected chi connectivity index (χ1v) is 7.80. The summed E-state index contributed by atoms with van der Waals surface area (Å²) >= 11 is 0. The lowest BCUT2D eigenvalue weighted by Gasteiger charge is -2.27. The van der Waals surface area contributed by atoms with Gasteiger partial charge in [-0.15, -0.1) is 0 Å². The monoisotopic (exact) mass is 312 g/mol. The Morgan fingerprint density at radius 3 is 2.96 bits per heavy atom. The van der Waals surface area contributed by atoms with Gasteiger partial charge in [-0.3, -0.25) is 14.6 Å². The zero-order valence-corrected chi connectivity index (χ0v) is 13.4. The fraction of sp³-hybridized carbons (Fsp3) is 0.389. The van der Waals surface area contributed by atoms with Crippen molar-refractivity contribution in [3.8, 4) is 0 Å². The number of pyridine rings is 1. The molecule has 1 aliphatic rings. The largest absolute Gasteiger partial charge is 0.461 e. The zero-order chi connectivity index (χ0) is 16.4. The number of carbonyl (C=O) groups excluding carboxylic acids is 2. The Balaban J connectivity index is 1.71. The summed E-state index contributed by atoms with van der Waals surface area (Å²) in [5.41, 5.74) is 2.73. The number of benzene rings is 1. The summed E-state index contributed by atoms with van der Waals surface area (Å²) in [7, 11) is 1.76. The van der Waals surface area contributed by atoms with E-state index in [2.05, 4.69) is 4.98 Å². The number of carbonyl (C=O) groups is 2. The van der Waals surface area contributed by atoms with Gasteiger partial charge in [0.25, 0.3) is 0 Å². The molecule has 0 aliphatic carbocycles. The highest BCUT2D eigenvalue weighted by Gasteiger charge is 2.29. The number of hydrogen-bond donors (Lipinski definition) is 0. The molecule has 1 saturated heterocycles. The van der Waals surface area contributed by atoms with Crippen molar-refractivity contribution in [2.24, 2.45) is 5.92 Å². The second-order valence-corrected chi connectivity index (χ2v) is 6.05. The van der Waals surface area contributed by atoms with Crippen LogP contribution in [0.25, 0.3) is 10.9 Å². The molecule has 0 radical (unpaired) electrons. The van der Waals surface area contributed by atoms with Gasteiger partial charge in [0.1, 0.15) is 6.61 Å². The van der Waals surface area contributed by atoms with Crippen LogP contribution in [-0.4, -0.2) is 35.4 Å². The first-order valence-electron chi connectivity index (χ1n) is 7.80. The van der Waals surface area contributed by atoms with E-state index in [-0.39, 0.29) is 30.8 Å². The molecule has 120 valence electrons. The minimum atomic E-state index is -0.326. The highest BCUT2D eigenvalue weighted by atomic mass is 16.5. The van der Waals surface area contributed by atoms with E-state index in [1.54, 1.807) is 11.9 Å². The molecule has 0 bridgehead atoms. The maximum Gasteiger partial charge on any atom is 0.309 e. The number of likely N-dealkylation sites (tertiary alicyclic amines) is 1. The normalized spacial score (nSPS) is 18.3. The van der Waals surface area contributed by atoms with Gasteiger partial charge >= 0.3 is 5.97 Å². The third-order valence-electron chi connectivity index (χ3n) is 4.29. The van der Waals surface area contributed by atoms with Crippen LogP contribution in [0.1, 0.15) is 24.1 Å². The number of amides is 1. The van der Waals surface area contributed by atoms with Crippen LogP contribution in [0, 0.1) is 12.8 Å². The molecule has 1 aliphatic heterocycles. The molecule has 1 atom stereocenters. The van der Waals surface area contributed by atoms with Crippen LogP contribution in [0.5, 0.6) is 0 Å². The molecule has 2 heterocycles. The van der Waals surface area contributed by atoms with Crippen LogP contribution in [0.15, 0.2) is 30.3 Å². The van der Waals surface area contributed by atoms with Crippen molar-refractivity contribution in [1.29, 1.82) is 0 Å². The Hall–Kier alpha value is -2.43. The maximum atomic E-state index is 12.2. The molecule has 1 fully saturated rings. The Kier molecular flexibility index (Phi) is 4.28. The zero-order valence-electron chi connectivity index (χ0n) is 13.4. The van der Waals surface area contributed by atoms with E-state index < -0.39 is 0 Å². The Bertz CT molecular complexity index is 757. The SMILES string of the molecule is Cc1cc(COC(=O)[C@H]2CCN(C)C(=O)C2)c2ccccc2n1. The molecular formula is C18H20N2O3. The van der Waals surface area contributed by atoms with Crippen molar-refractivity contribution >= 4 is 22.8 Å². The number of piperidine rings is 1. The average molecular weight is 312 g/mol. The Morgan fingerprint density at radius 2 is 2.17 bits per heavy atom. The second kappa shape index (κ2) is 6.36. The Labute approximate surface area is 135 Å². The van der Waals surface area contributed by atoms with Gasteiger partial charge in [-0.25, -0.2) is 0 Å². The van der Waals surface area contributed by atoms with Crippen LogP contribution < -0.4 is 0 Å². The van der Waals surface area contributed by atoms with E-state index in [0.29, 0.717) is 13.0 Å². The first-order chi connectivity index (χ1) is 11.0. The van der Waals surface area contributed by atoms with E-state index in [9.17, 15) is 9.59 Å². The third kappa shape index (κ3) is 3.33. The predicted molar refractivity (Wildman–Crippen MR) is 86.6 cm³/mol. The quantitative estimate of drug-likeness (QED) is 0.817. The van der Waals surface area contributed by atoms with E-state index in [1.165, 1.54) is 0 Å². The number of nitrogens with zero attached hydrogens (tertiary/aromatic N) is 2. The van der Waals surface area contributed by atoms with Crippen LogP contribution in [0.3, 0.4) is 0 Å². The molecule has 0 unspecified atom stereocenters. The van der Waals surface area contributed by atoms with E-state index in [0.717, 1.165) is 22.2 Å². The molecule has 1 amide bonds. The highest BCUT2D eigenvalue weighted by Crippen LogP contribution is 2.22. The summed E-state index contributed by atoms with van der Waals surface area (Å²) in [5.74, 6) is -0.610. The number of aromatic nitrogens is 1. The maximum absolute atomic E-state index is 12.2. The third-order valence-corrected chi connectivity index (χ3v) is 4.29. The topological polar surface area (TPSA) is 59.5 Å². The van der Waals surface area contributed by atoms with Crippen molar-refractivity contribution in [1.82, 2.24) is 9.88 Å². The highest BCUT2D eigenvalue weighted by molar-refractivity contribution is 5.85. The van der Waals surface area contributed by atoms with Gasteiger partial charge in [-0.1, -0.05) is 18.2 Å². The van der Waals surface area contributed by atoms with Gasteiger partial charge in [-0.2, -0.15) is 0 Å². The Morgan fingerprint density at radius 1 is 1.39 bits per heavy atom.